The maximum absolute atomic E-state index is 15.0. The predicted molar refractivity (Wildman–Crippen MR) is 164 cm³/mol. The number of carbonyl (C=O) groups is 3. The van der Waals surface area contributed by atoms with Gasteiger partial charge in [-0.1, -0.05) is 52.8 Å². The summed E-state index contributed by atoms with van der Waals surface area (Å²) in [5.41, 5.74) is -2.92. The van der Waals surface area contributed by atoms with Crippen molar-refractivity contribution in [2.24, 2.45) is 28.6 Å². The molecule has 5 rings (SSSR count). The predicted octanol–water partition coefficient (Wildman–Crippen LogP) is 5.49. The Morgan fingerprint density at radius 2 is 1.70 bits per heavy atom. The molecule has 1 aromatic rings. The Balaban J connectivity index is 1.82. The third-order valence-electron chi connectivity index (χ3n) is 11.2. The molecule has 0 radical (unpaired) electrons. The number of hydrogen-bond donors (Lipinski definition) is 1. The van der Waals surface area contributed by atoms with Crippen molar-refractivity contribution in [1.82, 2.24) is 0 Å². The van der Waals surface area contributed by atoms with E-state index in [1.807, 2.05) is 47.6 Å². The fourth-order valence-corrected chi connectivity index (χ4v) is 10.1. The number of hydrogen-bond acceptors (Lipinski definition) is 8. The van der Waals surface area contributed by atoms with Crippen LogP contribution in [-0.2, 0) is 28.2 Å². The Morgan fingerprint density at radius 3 is 2.23 bits per heavy atom. The molecule has 0 amide bonds. The summed E-state index contributed by atoms with van der Waals surface area (Å²) in [5.74, 6) is -2.76. The van der Waals surface area contributed by atoms with Gasteiger partial charge < -0.3 is 23.7 Å². The van der Waals surface area contributed by atoms with E-state index in [4.69, 9.17) is 18.6 Å². The van der Waals surface area contributed by atoms with Gasteiger partial charge in [0.25, 0.3) is 0 Å². The van der Waals surface area contributed by atoms with Crippen LogP contribution in [-0.4, -0.2) is 67.3 Å². The molecule has 43 heavy (non-hydrogen) atoms. The minimum absolute atomic E-state index is 0.0132. The van der Waals surface area contributed by atoms with Crippen molar-refractivity contribution in [2.45, 2.75) is 110 Å². The van der Waals surface area contributed by atoms with Crippen LogP contribution in [0.3, 0.4) is 0 Å². The number of rotatable bonds is 5. The molecule has 9 heteroatoms. The van der Waals surface area contributed by atoms with Crippen molar-refractivity contribution in [1.29, 1.82) is 0 Å². The normalized spacial score (nSPS) is 40.3. The average Bonchev–Trinajstić information content (AvgIpc) is 2.90. The van der Waals surface area contributed by atoms with Gasteiger partial charge in [0.1, 0.15) is 23.6 Å². The molecule has 2 unspecified atom stereocenters. The third kappa shape index (κ3) is 4.68. The highest BCUT2D eigenvalue weighted by Gasteiger charge is 2.76. The Bertz CT molecular complexity index is 1350. The van der Waals surface area contributed by atoms with Crippen molar-refractivity contribution in [3.63, 3.8) is 0 Å². The number of Topliss-reactive ketones (excluding diaryl/α,β-unsaturated/α-hetero) is 1. The van der Waals surface area contributed by atoms with Crippen molar-refractivity contribution in [3.05, 3.63) is 47.0 Å². The van der Waals surface area contributed by atoms with Crippen molar-refractivity contribution < 1.29 is 38.1 Å². The highest BCUT2D eigenvalue weighted by atomic mass is 28.4. The lowest BCUT2D eigenvalue weighted by molar-refractivity contribution is -0.339. The summed E-state index contributed by atoms with van der Waals surface area (Å²) < 4.78 is 25.4. The lowest BCUT2D eigenvalue weighted by Crippen LogP contribution is -2.80. The Morgan fingerprint density at radius 1 is 1.07 bits per heavy atom. The molecule has 2 saturated carbocycles. The van der Waals surface area contributed by atoms with E-state index >= 15 is 4.79 Å². The second kappa shape index (κ2) is 10.4. The largest absolute Gasteiger partial charge is 0.455 e. The van der Waals surface area contributed by atoms with E-state index in [2.05, 4.69) is 19.6 Å². The molecule has 1 aliphatic heterocycles. The Hall–Kier alpha value is -2.33. The quantitative estimate of drug-likeness (QED) is 0.264. The first-order valence-corrected chi connectivity index (χ1v) is 18.9. The zero-order valence-electron chi connectivity index (χ0n) is 27.3. The molecular formula is C34H48O8Si. The lowest BCUT2D eigenvalue weighted by atomic mass is 9.42. The molecule has 9 atom stereocenters. The Labute approximate surface area is 256 Å². The van der Waals surface area contributed by atoms with E-state index in [0.717, 1.165) is 11.1 Å². The second-order valence-corrected chi connectivity index (χ2v) is 19.6. The zero-order chi connectivity index (χ0) is 31.9. The zero-order valence-corrected chi connectivity index (χ0v) is 28.3. The van der Waals surface area contributed by atoms with Crippen LogP contribution in [0.4, 0.5) is 0 Å². The molecule has 0 spiro atoms. The lowest BCUT2D eigenvalue weighted by Gasteiger charge is -2.68. The topological polar surface area (TPSA) is 108 Å². The van der Waals surface area contributed by atoms with Crippen molar-refractivity contribution in [3.8, 4) is 0 Å². The fraction of sp³-hybridized carbons (Fsp3) is 0.676. The number of carbonyl (C=O) groups excluding carboxylic acids is 3. The summed E-state index contributed by atoms with van der Waals surface area (Å²) in [4.78, 5) is 41.7. The van der Waals surface area contributed by atoms with E-state index in [9.17, 15) is 14.7 Å². The van der Waals surface area contributed by atoms with Gasteiger partial charge in [-0.05, 0) is 62.2 Å². The van der Waals surface area contributed by atoms with Gasteiger partial charge in [0.15, 0.2) is 13.9 Å². The molecule has 0 aromatic heterocycles. The highest BCUT2D eigenvalue weighted by molar-refractivity contribution is 6.69. The van der Waals surface area contributed by atoms with Crippen LogP contribution in [0.2, 0.25) is 19.6 Å². The molecule has 3 aliphatic carbocycles. The van der Waals surface area contributed by atoms with Crippen molar-refractivity contribution in [2.75, 3.05) is 6.61 Å². The summed E-state index contributed by atoms with van der Waals surface area (Å²) >= 11 is 0. The molecule has 2 bridgehead atoms. The summed E-state index contributed by atoms with van der Waals surface area (Å²) in [6, 6.07) is 8.66. The van der Waals surface area contributed by atoms with Crippen LogP contribution in [0, 0.1) is 28.6 Å². The highest BCUT2D eigenvalue weighted by Crippen LogP contribution is 2.66. The van der Waals surface area contributed by atoms with E-state index in [-0.39, 0.29) is 24.7 Å². The van der Waals surface area contributed by atoms with E-state index < -0.39 is 72.4 Å². The summed E-state index contributed by atoms with van der Waals surface area (Å²) in [6.45, 7) is 19.4. The number of esters is 2. The molecule has 1 saturated heterocycles. The molecule has 1 N–H and O–H groups in total. The van der Waals surface area contributed by atoms with Crippen LogP contribution in [0.15, 0.2) is 41.5 Å². The van der Waals surface area contributed by atoms with Crippen LogP contribution in [0.25, 0.3) is 0 Å². The molecule has 1 aromatic carbocycles. The second-order valence-electron chi connectivity index (χ2n) is 15.1. The Kier molecular flexibility index (Phi) is 7.73. The first-order valence-electron chi connectivity index (χ1n) is 15.5. The van der Waals surface area contributed by atoms with Gasteiger partial charge in [-0.3, -0.25) is 9.59 Å². The molecule has 236 valence electrons. The number of benzene rings is 1. The minimum atomic E-state index is -2.13. The number of aliphatic hydroxyl groups is 1. The van der Waals surface area contributed by atoms with Crippen LogP contribution in [0.1, 0.15) is 71.7 Å². The summed E-state index contributed by atoms with van der Waals surface area (Å²) in [5, 5.41) is 13.3. The molecule has 1 heterocycles. The van der Waals surface area contributed by atoms with Gasteiger partial charge in [0.2, 0.25) is 0 Å². The molecule has 4 aliphatic rings. The van der Waals surface area contributed by atoms with Crippen LogP contribution < -0.4 is 0 Å². The minimum Gasteiger partial charge on any atom is -0.455 e. The van der Waals surface area contributed by atoms with Gasteiger partial charge in [-0.15, -0.1) is 0 Å². The molecular weight excluding hydrogens is 564 g/mol. The maximum Gasteiger partial charge on any atom is 0.338 e. The van der Waals surface area contributed by atoms with E-state index in [0.29, 0.717) is 12.0 Å². The number of ether oxygens (including phenoxy) is 3. The molecule has 8 nitrogen and oxygen atoms in total. The summed E-state index contributed by atoms with van der Waals surface area (Å²) in [7, 11) is -2.13. The van der Waals surface area contributed by atoms with Crippen LogP contribution >= 0.6 is 0 Å². The number of fused-ring (bicyclic) bond motifs is 5. The van der Waals surface area contributed by atoms with Crippen molar-refractivity contribution >= 4 is 26.0 Å². The smallest absolute Gasteiger partial charge is 0.338 e. The number of ketones is 1. The van der Waals surface area contributed by atoms with Gasteiger partial charge in [-0.2, -0.15) is 0 Å². The fourth-order valence-electron chi connectivity index (χ4n) is 8.99. The standard InChI is InChI=1S/C34H48O8Si/c1-19-16-25-33(18-39-25,41-22(4)35)27-29(40-30(37)23-14-12-11-13-15-23)34(38)17-24(42-43(8,9)10)20(2)26(31(34,5)6)21(3)28(36)32(19,27)7/h11-15,19,21,24-25,27,29,38H,16-18H2,1-10H3/t19-,21+,24-,25+,27?,29?,32+,33-,34+/m0/s1. The first kappa shape index (κ1) is 32.1. The first-order chi connectivity index (χ1) is 19.8. The average molecular weight is 613 g/mol. The molecule has 3 fully saturated rings. The van der Waals surface area contributed by atoms with Crippen LogP contribution in [0.5, 0.6) is 0 Å². The monoisotopic (exact) mass is 612 g/mol. The van der Waals surface area contributed by atoms with E-state index in [1.54, 1.807) is 24.3 Å². The SMILES string of the molecule is CC(=O)O[C@@]12CO[C@@H]1C[C@H](C)[C@@]1(C)C(=O)[C@H](C)C3=C(C)[C@@H](O[Si](C)(C)C)C[C@@](O)(C(OC(=O)c4ccccc4)C12)C3(C)C. The summed E-state index contributed by atoms with van der Waals surface area (Å²) in [6.07, 6.45) is -1.53. The van der Waals surface area contributed by atoms with E-state index in [1.165, 1.54) is 6.92 Å². The van der Waals surface area contributed by atoms with Gasteiger partial charge in [0.05, 0.1) is 24.2 Å². The third-order valence-corrected chi connectivity index (χ3v) is 12.2. The van der Waals surface area contributed by atoms with Gasteiger partial charge in [0, 0.05) is 30.1 Å². The maximum atomic E-state index is 15.0. The van der Waals surface area contributed by atoms with Gasteiger partial charge in [-0.25, -0.2) is 4.79 Å². The van der Waals surface area contributed by atoms with Gasteiger partial charge >= 0.3 is 11.9 Å².